The van der Waals surface area contributed by atoms with Gasteiger partial charge in [-0.15, -0.1) is 16.9 Å². The molecule has 0 bridgehead atoms. The number of halogens is 2. The fourth-order valence-corrected chi connectivity index (χ4v) is 5.38. The first-order chi connectivity index (χ1) is 17.1. The Balaban J connectivity index is 1.23. The molecule has 0 spiro atoms. The largest absolute Gasteiger partial charge is 0.489 e. The zero-order chi connectivity index (χ0) is 23.9. The van der Waals surface area contributed by atoms with E-state index in [0.717, 1.165) is 34.2 Å². The Morgan fingerprint density at radius 1 is 1.03 bits per heavy atom. The molecule has 6 rings (SSSR count). The highest BCUT2D eigenvalue weighted by Crippen LogP contribution is 2.43. The third-order valence-electron chi connectivity index (χ3n) is 5.85. The van der Waals surface area contributed by atoms with Gasteiger partial charge in [-0.1, -0.05) is 30.3 Å². The number of para-hydroxylation sites is 1. The van der Waals surface area contributed by atoms with E-state index >= 15 is 0 Å². The molecular weight excluding hydrogens is 472 g/mol. The van der Waals surface area contributed by atoms with Gasteiger partial charge in [-0.05, 0) is 52.4 Å². The first kappa shape index (κ1) is 21.5. The van der Waals surface area contributed by atoms with Gasteiger partial charge >= 0.3 is 0 Å². The van der Waals surface area contributed by atoms with Crippen LogP contribution in [0.15, 0.2) is 72.8 Å². The number of hydrogen-bond donors (Lipinski definition) is 0. The monoisotopic (exact) mass is 489 g/mol. The number of hydrogen-bond acceptors (Lipinski definition) is 6. The van der Waals surface area contributed by atoms with Gasteiger partial charge in [0.25, 0.3) is 0 Å². The van der Waals surface area contributed by atoms with E-state index < -0.39 is 17.0 Å². The van der Waals surface area contributed by atoms with Crippen LogP contribution in [-0.2, 0) is 11.4 Å². The summed E-state index contributed by atoms with van der Waals surface area (Å²) >= 11 is 1.39. The molecule has 1 atom stereocenters. The summed E-state index contributed by atoms with van der Waals surface area (Å²) in [4.78, 5) is 13.9. The number of rotatable bonds is 5. The van der Waals surface area contributed by atoms with Crippen LogP contribution in [-0.4, -0.2) is 31.7 Å². The lowest BCUT2D eigenvalue weighted by atomic mass is 10.1. The molecule has 1 aliphatic heterocycles. The SMILES string of the molecule is O=C1CSC(c2ccc(OCc3cc4ccccc4n4nnnc34)cc2)N1c1ccc(F)cc1F. The van der Waals surface area contributed by atoms with E-state index in [1.807, 2.05) is 42.5 Å². The minimum Gasteiger partial charge on any atom is -0.489 e. The fourth-order valence-electron chi connectivity index (χ4n) is 4.21. The van der Waals surface area contributed by atoms with Gasteiger partial charge in [0.2, 0.25) is 5.91 Å². The Labute approximate surface area is 202 Å². The molecule has 7 nitrogen and oxygen atoms in total. The van der Waals surface area contributed by atoms with Crippen LogP contribution in [0.4, 0.5) is 14.5 Å². The molecule has 1 unspecified atom stereocenters. The Bertz CT molecular complexity index is 1570. The van der Waals surface area contributed by atoms with Crippen LogP contribution >= 0.6 is 11.8 Å². The summed E-state index contributed by atoms with van der Waals surface area (Å²) in [5.41, 5.74) is 3.25. The van der Waals surface area contributed by atoms with Gasteiger partial charge in [-0.25, -0.2) is 8.78 Å². The van der Waals surface area contributed by atoms with Crippen molar-refractivity contribution in [3.05, 3.63) is 95.6 Å². The van der Waals surface area contributed by atoms with Crippen LogP contribution in [0.1, 0.15) is 16.5 Å². The molecule has 1 amide bonds. The van der Waals surface area contributed by atoms with Crippen molar-refractivity contribution in [3.8, 4) is 5.75 Å². The van der Waals surface area contributed by atoms with Crippen molar-refractivity contribution in [1.82, 2.24) is 20.0 Å². The first-order valence-corrected chi connectivity index (χ1v) is 11.8. The van der Waals surface area contributed by atoms with Gasteiger partial charge in [0.05, 0.1) is 17.0 Å². The number of tetrazole rings is 1. The van der Waals surface area contributed by atoms with Crippen molar-refractivity contribution in [3.63, 3.8) is 0 Å². The van der Waals surface area contributed by atoms with E-state index in [4.69, 9.17) is 4.74 Å². The zero-order valence-corrected chi connectivity index (χ0v) is 19.0. The van der Waals surface area contributed by atoms with Crippen LogP contribution in [0.5, 0.6) is 5.75 Å². The van der Waals surface area contributed by atoms with Gasteiger partial charge in [-0.2, -0.15) is 4.52 Å². The maximum atomic E-state index is 14.4. The third kappa shape index (κ3) is 3.85. The third-order valence-corrected chi connectivity index (χ3v) is 7.06. The Morgan fingerprint density at radius 2 is 1.86 bits per heavy atom. The number of ether oxygens (including phenoxy) is 1. The van der Waals surface area contributed by atoms with E-state index in [9.17, 15) is 13.6 Å². The van der Waals surface area contributed by atoms with Crippen molar-refractivity contribution >= 4 is 39.9 Å². The lowest BCUT2D eigenvalue weighted by Crippen LogP contribution is -2.28. The quantitative estimate of drug-likeness (QED) is 0.349. The van der Waals surface area contributed by atoms with Crippen molar-refractivity contribution in [2.75, 3.05) is 10.7 Å². The Hall–Kier alpha value is -4.05. The topological polar surface area (TPSA) is 72.6 Å². The average Bonchev–Trinajstić information content (AvgIpc) is 3.51. The standard InChI is InChI=1S/C25H17F2N5O2S/c26-18-7-10-22(20(27)12-18)31-23(33)14-35-25(31)15-5-8-19(9-6-15)34-13-17-11-16-3-1-2-4-21(16)32-24(17)28-29-30-32/h1-12,25H,13-14H2. The summed E-state index contributed by atoms with van der Waals surface area (Å²) in [6.07, 6.45) is 0. The highest BCUT2D eigenvalue weighted by Gasteiger charge is 2.35. The highest BCUT2D eigenvalue weighted by atomic mass is 32.2. The van der Waals surface area contributed by atoms with Crippen LogP contribution in [0.3, 0.4) is 0 Å². The Kier molecular flexibility index (Phi) is 5.29. The number of nitrogens with zero attached hydrogens (tertiary/aromatic N) is 5. The number of pyridine rings is 1. The number of amides is 1. The second-order valence-corrected chi connectivity index (χ2v) is 9.09. The number of benzene rings is 3. The summed E-state index contributed by atoms with van der Waals surface area (Å²) < 4.78 is 35.5. The molecule has 3 heterocycles. The van der Waals surface area contributed by atoms with Crippen molar-refractivity contribution < 1.29 is 18.3 Å². The maximum absolute atomic E-state index is 14.4. The highest BCUT2D eigenvalue weighted by molar-refractivity contribution is 8.00. The molecule has 0 aliphatic carbocycles. The molecule has 3 aromatic carbocycles. The Morgan fingerprint density at radius 3 is 2.69 bits per heavy atom. The van der Waals surface area contributed by atoms with Crippen LogP contribution in [0.25, 0.3) is 16.6 Å². The van der Waals surface area contributed by atoms with E-state index in [-0.39, 0.29) is 24.0 Å². The molecule has 5 aromatic rings. The molecule has 174 valence electrons. The summed E-state index contributed by atoms with van der Waals surface area (Å²) in [7, 11) is 0. The van der Waals surface area contributed by atoms with E-state index in [2.05, 4.69) is 15.5 Å². The van der Waals surface area contributed by atoms with Crippen molar-refractivity contribution in [2.45, 2.75) is 12.0 Å². The maximum Gasteiger partial charge on any atom is 0.238 e. The normalized spacial score (nSPS) is 15.9. The van der Waals surface area contributed by atoms with Gasteiger partial charge in [0.1, 0.15) is 29.4 Å². The van der Waals surface area contributed by atoms with Crippen LogP contribution in [0, 0.1) is 11.6 Å². The van der Waals surface area contributed by atoms with Crippen LogP contribution in [0.2, 0.25) is 0 Å². The smallest absolute Gasteiger partial charge is 0.238 e. The lowest BCUT2D eigenvalue weighted by Gasteiger charge is -2.25. The number of carbonyl (C=O) groups excluding carboxylic acids is 1. The van der Waals surface area contributed by atoms with Gasteiger partial charge in [-0.3, -0.25) is 9.69 Å². The minimum absolute atomic E-state index is 0.0639. The van der Waals surface area contributed by atoms with Gasteiger partial charge in [0.15, 0.2) is 5.65 Å². The predicted octanol–water partition coefficient (Wildman–Crippen LogP) is 4.91. The molecule has 0 radical (unpaired) electrons. The minimum atomic E-state index is -0.768. The van der Waals surface area contributed by atoms with E-state index in [1.54, 1.807) is 16.6 Å². The molecule has 0 saturated carbocycles. The molecular formula is C25H17F2N5O2S. The van der Waals surface area contributed by atoms with Crippen molar-refractivity contribution in [1.29, 1.82) is 0 Å². The van der Waals surface area contributed by atoms with E-state index in [1.165, 1.54) is 22.7 Å². The summed E-state index contributed by atoms with van der Waals surface area (Å²) in [5, 5.41) is 12.6. The molecule has 10 heteroatoms. The average molecular weight is 490 g/mol. The van der Waals surface area contributed by atoms with Gasteiger partial charge < -0.3 is 4.74 Å². The predicted molar refractivity (Wildman–Crippen MR) is 128 cm³/mol. The molecule has 35 heavy (non-hydrogen) atoms. The molecule has 0 N–H and O–H groups in total. The summed E-state index contributed by atoms with van der Waals surface area (Å²) in [5.74, 6) is -0.844. The second-order valence-electron chi connectivity index (χ2n) is 8.02. The number of fused-ring (bicyclic) bond motifs is 3. The number of aromatic nitrogens is 4. The van der Waals surface area contributed by atoms with Gasteiger partial charge in [0, 0.05) is 17.0 Å². The summed E-state index contributed by atoms with van der Waals surface area (Å²) in [6, 6.07) is 20.4. The summed E-state index contributed by atoms with van der Waals surface area (Å²) in [6.45, 7) is 0.262. The molecule has 1 aliphatic rings. The number of anilines is 1. The number of thioether (sulfide) groups is 1. The molecule has 2 aromatic heterocycles. The number of carbonyl (C=O) groups is 1. The van der Waals surface area contributed by atoms with Crippen LogP contribution < -0.4 is 9.64 Å². The van der Waals surface area contributed by atoms with E-state index in [0.29, 0.717) is 11.4 Å². The second kappa shape index (κ2) is 8.62. The van der Waals surface area contributed by atoms with Crippen molar-refractivity contribution in [2.24, 2.45) is 0 Å². The fraction of sp³-hybridized carbons (Fsp3) is 0.120. The molecule has 1 fully saturated rings. The lowest BCUT2D eigenvalue weighted by molar-refractivity contribution is -0.115. The molecule has 1 saturated heterocycles. The first-order valence-electron chi connectivity index (χ1n) is 10.8. The zero-order valence-electron chi connectivity index (χ0n) is 18.1.